The Hall–Kier alpha value is -2.13. The van der Waals surface area contributed by atoms with Gasteiger partial charge in [-0.05, 0) is 23.8 Å². The largest absolute Gasteiger partial charge is 0.506 e. The maximum atomic E-state index is 10.0. The van der Waals surface area contributed by atoms with Crippen molar-refractivity contribution in [3.05, 3.63) is 65.3 Å². The molecule has 4 heteroatoms. The van der Waals surface area contributed by atoms with Crippen molar-refractivity contribution in [1.82, 2.24) is 5.32 Å². The van der Waals surface area contributed by atoms with Gasteiger partial charge in [0.25, 0.3) is 0 Å². The smallest absolute Gasteiger partial charge is 0.139 e. The summed E-state index contributed by atoms with van der Waals surface area (Å²) in [6.07, 6.45) is 1.94. The lowest BCUT2D eigenvalue weighted by Crippen LogP contribution is -2.22. The molecule has 0 amide bonds. The normalized spacial score (nSPS) is 14.2. The fourth-order valence-corrected chi connectivity index (χ4v) is 2.34. The van der Waals surface area contributed by atoms with E-state index in [1.807, 2.05) is 41.4 Å². The van der Waals surface area contributed by atoms with E-state index >= 15 is 0 Å². The first kappa shape index (κ1) is 11.9. The van der Waals surface area contributed by atoms with Crippen molar-refractivity contribution in [2.24, 2.45) is 0 Å². The molecule has 0 saturated carbocycles. The molecule has 3 rings (SSSR count). The van der Waals surface area contributed by atoms with E-state index in [0.29, 0.717) is 17.4 Å². The summed E-state index contributed by atoms with van der Waals surface area (Å²) in [6.45, 7) is 0.609. The molecular weight excluding hydrogens is 260 g/mol. The summed E-state index contributed by atoms with van der Waals surface area (Å²) >= 11 is 6.01. The van der Waals surface area contributed by atoms with Crippen LogP contribution in [-0.2, 0) is 0 Å². The zero-order valence-electron chi connectivity index (χ0n) is 10.2. The fourth-order valence-electron chi connectivity index (χ4n) is 2.17. The summed E-state index contributed by atoms with van der Waals surface area (Å²) in [7, 11) is 0. The van der Waals surface area contributed by atoms with E-state index in [1.165, 1.54) is 0 Å². The Kier molecular flexibility index (Phi) is 3.05. The number of nitrogens with one attached hydrogen (secondary N) is 1. The van der Waals surface area contributed by atoms with Crippen LogP contribution >= 0.6 is 11.6 Å². The quantitative estimate of drug-likeness (QED) is 0.879. The molecule has 0 bridgehead atoms. The minimum Gasteiger partial charge on any atom is -0.506 e. The Bertz CT molecular complexity index is 625. The molecule has 2 aromatic rings. The Morgan fingerprint density at radius 2 is 1.89 bits per heavy atom. The Labute approximate surface area is 116 Å². The predicted octanol–water partition coefficient (Wildman–Crippen LogP) is 3.41. The van der Waals surface area contributed by atoms with Gasteiger partial charge in [-0.15, -0.1) is 0 Å². The molecule has 2 aromatic carbocycles. The van der Waals surface area contributed by atoms with Crippen LogP contribution in [0.5, 0.6) is 5.75 Å². The van der Waals surface area contributed by atoms with Gasteiger partial charge in [-0.25, -0.2) is 0 Å². The molecule has 0 aliphatic carbocycles. The summed E-state index contributed by atoms with van der Waals surface area (Å²) in [5, 5.41) is 13.8. The summed E-state index contributed by atoms with van der Waals surface area (Å²) in [5.41, 5.74) is 2.80. The molecule has 2 N–H and O–H groups in total. The molecule has 1 aliphatic rings. The van der Waals surface area contributed by atoms with Crippen molar-refractivity contribution >= 4 is 23.0 Å². The molecule has 3 nitrogen and oxygen atoms in total. The number of halogens is 1. The van der Waals surface area contributed by atoms with Crippen LogP contribution < -0.4 is 10.2 Å². The van der Waals surface area contributed by atoms with E-state index in [1.54, 1.807) is 18.2 Å². The highest BCUT2D eigenvalue weighted by Gasteiger charge is 2.20. The van der Waals surface area contributed by atoms with Gasteiger partial charge in [0.05, 0.1) is 18.1 Å². The molecule has 0 spiro atoms. The first-order valence-electron chi connectivity index (χ1n) is 6.01. The van der Waals surface area contributed by atoms with Crippen molar-refractivity contribution in [3.63, 3.8) is 0 Å². The molecule has 0 unspecified atom stereocenters. The third-order valence-electron chi connectivity index (χ3n) is 3.08. The standard InChI is InChI=1S/C15H13ClN2O/c16-12-6-7-15(19)13(8-12)18-10-17-9-14(18)11-4-2-1-3-5-11/h1-9,17,19H,10H2. The van der Waals surface area contributed by atoms with Gasteiger partial charge >= 0.3 is 0 Å². The number of benzene rings is 2. The van der Waals surface area contributed by atoms with Gasteiger partial charge in [-0.3, -0.25) is 0 Å². The minimum atomic E-state index is 0.218. The lowest BCUT2D eigenvalue weighted by molar-refractivity contribution is 0.475. The third-order valence-corrected chi connectivity index (χ3v) is 3.31. The van der Waals surface area contributed by atoms with E-state index < -0.39 is 0 Å². The first-order valence-corrected chi connectivity index (χ1v) is 6.38. The highest BCUT2D eigenvalue weighted by Crippen LogP contribution is 2.36. The van der Waals surface area contributed by atoms with Crippen molar-refractivity contribution in [1.29, 1.82) is 0 Å². The SMILES string of the molecule is Oc1ccc(Cl)cc1N1CNC=C1c1ccccc1. The van der Waals surface area contributed by atoms with E-state index in [0.717, 1.165) is 11.3 Å². The third kappa shape index (κ3) is 2.25. The van der Waals surface area contributed by atoms with Crippen molar-refractivity contribution in [3.8, 4) is 5.75 Å². The average Bonchev–Trinajstić information content (AvgIpc) is 2.91. The number of nitrogens with zero attached hydrogens (tertiary/aromatic N) is 1. The number of phenols is 1. The summed E-state index contributed by atoms with van der Waals surface area (Å²) < 4.78 is 0. The molecular formula is C15H13ClN2O. The Morgan fingerprint density at radius 1 is 1.11 bits per heavy atom. The molecule has 96 valence electrons. The summed E-state index contributed by atoms with van der Waals surface area (Å²) in [5.74, 6) is 0.218. The number of hydrogen-bond acceptors (Lipinski definition) is 3. The van der Waals surface area contributed by atoms with Crippen molar-refractivity contribution in [2.75, 3.05) is 11.6 Å². The zero-order chi connectivity index (χ0) is 13.2. The fraction of sp³-hybridized carbons (Fsp3) is 0.0667. The van der Waals surface area contributed by atoms with E-state index in [4.69, 9.17) is 11.6 Å². The molecule has 0 aromatic heterocycles. The number of anilines is 1. The van der Waals surface area contributed by atoms with Crippen LogP contribution in [0.3, 0.4) is 0 Å². The number of phenolic OH excluding ortho intramolecular Hbond substituents is 1. The van der Waals surface area contributed by atoms with Crippen LogP contribution in [-0.4, -0.2) is 11.8 Å². The maximum Gasteiger partial charge on any atom is 0.139 e. The Morgan fingerprint density at radius 3 is 2.68 bits per heavy atom. The summed E-state index contributed by atoms with van der Waals surface area (Å²) in [6, 6.07) is 15.1. The van der Waals surface area contributed by atoms with Gasteiger partial charge in [-0.1, -0.05) is 41.9 Å². The van der Waals surface area contributed by atoms with E-state index in [9.17, 15) is 5.11 Å². The van der Waals surface area contributed by atoms with Gasteiger partial charge < -0.3 is 15.3 Å². The maximum absolute atomic E-state index is 10.0. The Balaban J connectivity index is 2.02. The predicted molar refractivity (Wildman–Crippen MR) is 78.0 cm³/mol. The van der Waals surface area contributed by atoms with Crippen LogP contribution in [0.25, 0.3) is 5.70 Å². The van der Waals surface area contributed by atoms with Crippen LogP contribution in [0.4, 0.5) is 5.69 Å². The topological polar surface area (TPSA) is 35.5 Å². The van der Waals surface area contributed by atoms with Gasteiger partial charge in [-0.2, -0.15) is 0 Å². The number of rotatable bonds is 2. The van der Waals surface area contributed by atoms with Gasteiger partial charge in [0, 0.05) is 11.2 Å². The van der Waals surface area contributed by atoms with Crippen LogP contribution in [0, 0.1) is 0 Å². The molecule has 0 saturated heterocycles. The monoisotopic (exact) mass is 272 g/mol. The van der Waals surface area contributed by atoms with Crippen molar-refractivity contribution in [2.45, 2.75) is 0 Å². The molecule has 19 heavy (non-hydrogen) atoms. The van der Waals surface area contributed by atoms with E-state index in [2.05, 4.69) is 5.32 Å². The van der Waals surface area contributed by atoms with Gasteiger partial charge in [0.15, 0.2) is 0 Å². The van der Waals surface area contributed by atoms with Crippen LogP contribution in [0.15, 0.2) is 54.7 Å². The second-order valence-corrected chi connectivity index (χ2v) is 4.76. The average molecular weight is 273 g/mol. The highest BCUT2D eigenvalue weighted by molar-refractivity contribution is 6.31. The lowest BCUT2D eigenvalue weighted by Gasteiger charge is -2.22. The lowest BCUT2D eigenvalue weighted by atomic mass is 10.1. The van der Waals surface area contributed by atoms with Crippen LogP contribution in [0.1, 0.15) is 5.56 Å². The van der Waals surface area contributed by atoms with Gasteiger partial charge in [0.1, 0.15) is 5.75 Å². The van der Waals surface area contributed by atoms with Gasteiger partial charge in [0.2, 0.25) is 0 Å². The molecule has 0 fully saturated rings. The number of aromatic hydroxyl groups is 1. The highest BCUT2D eigenvalue weighted by atomic mass is 35.5. The number of hydrogen-bond donors (Lipinski definition) is 2. The van der Waals surface area contributed by atoms with E-state index in [-0.39, 0.29) is 5.75 Å². The minimum absolute atomic E-state index is 0.218. The second kappa shape index (κ2) is 4.86. The molecule has 1 heterocycles. The molecule has 0 radical (unpaired) electrons. The summed E-state index contributed by atoms with van der Waals surface area (Å²) in [4.78, 5) is 2.00. The molecule has 1 aliphatic heterocycles. The van der Waals surface area contributed by atoms with Crippen molar-refractivity contribution < 1.29 is 5.11 Å². The first-order chi connectivity index (χ1) is 9.25. The second-order valence-electron chi connectivity index (χ2n) is 4.32. The van der Waals surface area contributed by atoms with Crippen LogP contribution in [0.2, 0.25) is 5.02 Å². The molecule has 0 atom stereocenters. The zero-order valence-corrected chi connectivity index (χ0v) is 10.9.